The second-order valence-corrected chi connectivity index (χ2v) is 11.6. The smallest absolute Gasteiger partial charge is 0.415 e. The van der Waals surface area contributed by atoms with E-state index >= 15 is 4.39 Å². The van der Waals surface area contributed by atoms with Crippen LogP contribution in [0.25, 0.3) is 0 Å². The van der Waals surface area contributed by atoms with Crippen molar-refractivity contribution in [2.45, 2.75) is 83.0 Å². The monoisotopic (exact) mass is 590 g/mol. The molecule has 228 valence electrons. The van der Waals surface area contributed by atoms with Gasteiger partial charge in [-0.3, -0.25) is 9.69 Å². The molecule has 3 N–H and O–H groups in total. The normalized spacial score (nSPS) is 22.9. The van der Waals surface area contributed by atoms with Crippen LogP contribution in [0, 0.1) is 11.6 Å². The third-order valence-corrected chi connectivity index (χ3v) is 7.19. The summed E-state index contributed by atoms with van der Waals surface area (Å²) in [5, 5.41) is 23.1. The predicted octanol–water partition coefficient (Wildman–Crippen LogP) is 3.65. The fourth-order valence-corrected chi connectivity index (χ4v) is 5.10. The molecule has 1 saturated heterocycles. The minimum Gasteiger partial charge on any atom is -0.472 e. The first-order valence-corrected chi connectivity index (χ1v) is 13.8. The number of esters is 1. The first-order chi connectivity index (χ1) is 19.8. The molecule has 2 aliphatic heterocycles. The Bertz CT molecular complexity index is 1330. The summed E-state index contributed by atoms with van der Waals surface area (Å²) in [5.41, 5.74) is -2.59. The Morgan fingerprint density at radius 3 is 2.50 bits per heavy atom. The Morgan fingerprint density at radius 1 is 1.21 bits per heavy atom. The Balaban J connectivity index is 1.79. The molecule has 12 heteroatoms. The predicted molar refractivity (Wildman–Crippen MR) is 147 cm³/mol. The fourth-order valence-electron chi connectivity index (χ4n) is 5.10. The molecule has 1 unspecified atom stereocenters. The molecule has 4 rings (SSSR count). The van der Waals surface area contributed by atoms with E-state index in [4.69, 9.17) is 14.2 Å². The highest BCUT2D eigenvalue weighted by Gasteiger charge is 2.47. The van der Waals surface area contributed by atoms with Gasteiger partial charge in [0.05, 0.1) is 12.6 Å². The second-order valence-electron chi connectivity index (χ2n) is 11.6. The fraction of sp³-hybridized carbons (Fsp3) is 0.500. The van der Waals surface area contributed by atoms with Crippen LogP contribution < -0.4 is 15.0 Å². The zero-order valence-electron chi connectivity index (χ0n) is 24.0. The Morgan fingerprint density at radius 2 is 1.90 bits per heavy atom. The third kappa shape index (κ3) is 6.71. The van der Waals surface area contributed by atoms with Crippen LogP contribution in [0.5, 0.6) is 5.75 Å². The maximum Gasteiger partial charge on any atom is 0.415 e. The van der Waals surface area contributed by atoms with Crippen LogP contribution in [0.3, 0.4) is 0 Å². The number of aliphatic hydroxyl groups excluding tert-OH is 1. The number of carbonyl (C=O) groups is 3. The Hall–Kier alpha value is -3.61. The van der Waals surface area contributed by atoms with Crippen molar-refractivity contribution < 1.29 is 47.6 Å². The zero-order chi connectivity index (χ0) is 30.8. The van der Waals surface area contributed by atoms with Crippen molar-refractivity contribution in [3.63, 3.8) is 0 Å². The molecular weight excluding hydrogens is 554 g/mol. The molecule has 0 spiro atoms. The second kappa shape index (κ2) is 12.3. The maximum atomic E-state index is 15.7. The third-order valence-electron chi connectivity index (χ3n) is 7.19. The van der Waals surface area contributed by atoms with Crippen molar-refractivity contribution >= 4 is 23.5 Å². The van der Waals surface area contributed by atoms with Gasteiger partial charge in [-0.2, -0.15) is 4.39 Å². The topological polar surface area (TPSA) is 135 Å². The van der Waals surface area contributed by atoms with Crippen molar-refractivity contribution in [2.24, 2.45) is 0 Å². The van der Waals surface area contributed by atoms with Gasteiger partial charge in [0.15, 0.2) is 17.3 Å². The maximum absolute atomic E-state index is 15.7. The molecule has 42 heavy (non-hydrogen) atoms. The standard InChI is InChI=1S/C30H36F2N2O8/c1-5-18-11-22(36)19-12-20(31)23(32)26(24(19)34(18)28(38)40-14-17-9-7-6-8-10-17)41-25(27(37)42-29(2,3)4)21-13-30(39,16-35)15-33-21/h6-10,12,18,21,25,33,35,39H,5,11,13-16H2,1-4H3/t18?,21-,25-,30-/m0/s1. The van der Waals surface area contributed by atoms with E-state index in [-0.39, 0.29) is 43.7 Å². The lowest BCUT2D eigenvalue weighted by Crippen LogP contribution is -2.49. The number of halogens is 2. The minimum absolute atomic E-state index is 0.116. The van der Waals surface area contributed by atoms with Gasteiger partial charge in [-0.1, -0.05) is 37.3 Å². The summed E-state index contributed by atoms with van der Waals surface area (Å²) < 4.78 is 47.5. The zero-order valence-corrected chi connectivity index (χ0v) is 24.0. The Labute approximate surface area is 242 Å². The van der Waals surface area contributed by atoms with Crippen molar-refractivity contribution in [1.29, 1.82) is 0 Å². The van der Waals surface area contributed by atoms with E-state index in [2.05, 4.69) is 5.32 Å². The molecule has 2 aromatic carbocycles. The number of ketones is 1. The highest BCUT2D eigenvalue weighted by atomic mass is 19.2. The molecule has 2 aliphatic rings. The van der Waals surface area contributed by atoms with Crippen molar-refractivity contribution in [3.8, 4) is 5.75 Å². The number of hydrogen-bond acceptors (Lipinski definition) is 9. The van der Waals surface area contributed by atoms with E-state index in [1.54, 1.807) is 58.0 Å². The number of carbonyl (C=O) groups excluding carboxylic acids is 3. The van der Waals surface area contributed by atoms with Gasteiger partial charge in [0.2, 0.25) is 11.9 Å². The molecule has 4 atom stereocenters. The SMILES string of the molecule is CCC1CC(=O)c2cc(F)c(F)c(O[C@H](C(=O)OC(C)(C)C)[C@@H]3C[C@@](O)(CO)CN3)c2N1C(=O)OCc1ccccc1. The van der Waals surface area contributed by atoms with Gasteiger partial charge in [-0.15, -0.1) is 0 Å². The van der Waals surface area contributed by atoms with Gasteiger partial charge in [0, 0.05) is 24.6 Å². The van der Waals surface area contributed by atoms with Crippen LogP contribution in [0.2, 0.25) is 0 Å². The number of aliphatic hydroxyl groups is 2. The number of fused-ring (bicyclic) bond motifs is 1. The van der Waals surface area contributed by atoms with Crippen molar-refractivity contribution in [3.05, 3.63) is 59.2 Å². The van der Waals surface area contributed by atoms with Gasteiger partial charge in [0.25, 0.3) is 0 Å². The first kappa shape index (κ1) is 31.3. The van der Waals surface area contributed by atoms with Crippen LogP contribution in [-0.4, -0.2) is 70.6 Å². The number of β-amino-alcohol motifs (C(OH)–C–C–N with tert-alkyl or cyclic N) is 1. The van der Waals surface area contributed by atoms with E-state index in [9.17, 15) is 29.0 Å². The van der Waals surface area contributed by atoms with E-state index in [0.717, 1.165) is 4.90 Å². The van der Waals surface area contributed by atoms with Crippen LogP contribution >= 0.6 is 0 Å². The molecule has 1 fully saturated rings. The molecule has 0 aliphatic carbocycles. The minimum atomic E-state index is -1.66. The van der Waals surface area contributed by atoms with Gasteiger partial charge >= 0.3 is 12.1 Å². The van der Waals surface area contributed by atoms with E-state index in [1.165, 1.54) is 0 Å². The summed E-state index contributed by atoms with van der Waals surface area (Å²) in [4.78, 5) is 41.0. The molecular formula is C30H36F2N2O8. The van der Waals surface area contributed by atoms with Gasteiger partial charge in [-0.25, -0.2) is 14.0 Å². The number of benzene rings is 2. The lowest BCUT2D eigenvalue weighted by molar-refractivity contribution is -0.165. The quantitative estimate of drug-likeness (QED) is 0.394. The van der Waals surface area contributed by atoms with E-state index < -0.39 is 71.2 Å². The average Bonchev–Trinajstić information content (AvgIpc) is 3.34. The number of anilines is 1. The highest BCUT2D eigenvalue weighted by Crippen LogP contribution is 2.44. The van der Waals surface area contributed by atoms with Gasteiger partial charge in [-0.05, 0) is 45.2 Å². The van der Waals surface area contributed by atoms with Gasteiger partial charge in [0.1, 0.15) is 23.5 Å². The molecule has 0 radical (unpaired) electrons. The summed E-state index contributed by atoms with van der Waals surface area (Å²) in [6.07, 6.45) is -2.67. The van der Waals surface area contributed by atoms with E-state index in [0.29, 0.717) is 11.6 Å². The number of nitrogens with one attached hydrogen (secondary N) is 1. The van der Waals surface area contributed by atoms with Crippen molar-refractivity contribution in [2.75, 3.05) is 18.1 Å². The number of rotatable bonds is 8. The molecule has 2 aromatic rings. The van der Waals surface area contributed by atoms with Crippen LogP contribution in [-0.2, 0) is 20.9 Å². The van der Waals surface area contributed by atoms with Crippen LogP contribution in [0.1, 0.15) is 62.9 Å². The number of amides is 1. The number of nitrogens with zero attached hydrogens (tertiary/aromatic N) is 1. The van der Waals surface area contributed by atoms with Crippen molar-refractivity contribution in [1.82, 2.24) is 5.32 Å². The molecule has 10 nitrogen and oxygen atoms in total. The largest absolute Gasteiger partial charge is 0.472 e. The van der Waals surface area contributed by atoms with Crippen LogP contribution in [0.4, 0.5) is 19.3 Å². The summed E-state index contributed by atoms with van der Waals surface area (Å²) in [6.45, 7) is 5.67. The Kier molecular flexibility index (Phi) is 9.19. The molecule has 0 aromatic heterocycles. The van der Waals surface area contributed by atoms with Crippen LogP contribution in [0.15, 0.2) is 36.4 Å². The summed E-state index contributed by atoms with van der Waals surface area (Å²) in [6, 6.07) is 7.74. The average molecular weight is 591 g/mol. The molecule has 0 bridgehead atoms. The number of Topliss-reactive ketones (excluding diaryl/α,β-unsaturated/α-hetero) is 1. The molecule has 1 amide bonds. The first-order valence-electron chi connectivity index (χ1n) is 13.8. The number of ether oxygens (including phenoxy) is 3. The molecule has 0 saturated carbocycles. The van der Waals surface area contributed by atoms with E-state index in [1.807, 2.05) is 0 Å². The summed E-state index contributed by atoms with van der Waals surface area (Å²) >= 11 is 0. The summed E-state index contributed by atoms with van der Waals surface area (Å²) in [5.74, 6) is -5.30. The lowest BCUT2D eigenvalue weighted by Gasteiger charge is -2.37. The molecule has 2 heterocycles. The summed E-state index contributed by atoms with van der Waals surface area (Å²) in [7, 11) is 0. The lowest BCUT2D eigenvalue weighted by atomic mass is 9.92. The van der Waals surface area contributed by atoms with Gasteiger partial charge < -0.3 is 29.7 Å². The number of hydrogen-bond donors (Lipinski definition) is 3. The highest BCUT2D eigenvalue weighted by molar-refractivity contribution is 6.10.